The van der Waals surface area contributed by atoms with E-state index in [1.54, 1.807) is 0 Å². The normalized spacial score (nSPS) is 19.5. The van der Waals surface area contributed by atoms with E-state index < -0.39 is 0 Å². The molecule has 1 heterocycles. The number of aryl methyl sites for hydroxylation is 1. The van der Waals surface area contributed by atoms with Crippen molar-refractivity contribution >= 4 is 0 Å². The van der Waals surface area contributed by atoms with Gasteiger partial charge in [0, 0.05) is 13.5 Å². The van der Waals surface area contributed by atoms with E-state index in [1.807, 2.05) is 7.11 Å². The summed E-state index contributed by atoms with van der Waals surface area (Å²) in [6, 6.07) is 4.46. The highest BCUT2D eigenvalue weighted by molar-refractivity contribution is 5.12. The maximum atomic E-state index is 5.89. The maximum absolute atomic E-state index is 5.89. The highest BCUT2D eigenvalue weighted by Crippen LogP contribution is 2.42. The Bertz CT molecular complexity index is 363. The van der Waals surface area contributed by atoms with Gasteiger partial charge in [-0.1, -0.05) is 13.8 Å². The smallest absolute Gasteiger partial charge is 0.121 e. The fourth-order valence-electron chi connectivity index (χ4n) is 2.73. The van der Waals surface area contributed by atoms with Crippen molar-refractivity contribution in [3.05, 3.63) is 23.7 Å². The van der Waals surface area contributed by atoms with Crippen LogP contribution in [0.25, 0.3) is 0 Å². The quantitative estimate of drug-likeness (QED) is 0.806. The fourth-order valence-corrected chi connectivity index (χ4v) is 2.73. The third kappa shape index (κ3) is 2.78. The van der Waals surface area contributed by atoms with Crippen molar-refractivity contribution in [3.63, 3.8) is 0 Å². The lowest BCUT2D eigenvalue weighted by Crippen LogP contribution is -2.42. The lowest BCUT2D eigenvalue weighted by Gasteiger charge is -2.42. The van der Waals surface area contributed by atoms with Gasteiger partial charge in [-0.05, 0) is 44.4 Å². The average molecular weight is 251 g/mol. The second-order valence-corrected chi connectivity index (χ2v) is 5.21. The molecule has 1 atom stereocenters. The molecule has 0 aliphatic heterocycles. The van der Waals surface area contributed by atoms with Crippen molar-refractivity contribution in [1.82, 2.24) is 5.32 Å². The van der Waals surface area contributed by atoms with Crippen LogP contribution in [0.5, 0.6) is 0 Å². The Morgan fingerprint density at radius 2 is 2.17 bits per heavy atom. The zero-order chi connectivity index (χ0) is 13.0. The minimum absolute atomic E-state index is 0.0754. The molecule has 0 aromatic carbocycles. The summed E-state index contributed by atoms with van der Waals surface area (Å²) in [7, 11) is 1.84. The van der Waals surface area contributed by atoms with Gasteiger partial charge in [0.25, 0.3) is 0 Å². The standard InChI is InChI=1S/C15H25NO2/c1-4-12-7-8-14(18-12)13(16-5-2)11-15(17-3)9-6-10-15/h7-8,13,16H,4-6,9-11H2,1-3H3. The van der Waals surface area contributed by atoms with Gasteiger partial charge in [0.1, 0.15) is 11.5 Å². The van der Waals surface area contributed by atoms with E-state index in [0.717, 1.165) is 30.9 Å². The van der Waals surface area contributed by atoms with Gasteiger partial charge in [0.15, 0.2) is 0 Å². The van der Waals surface area contributed by atoms with Crippen LogP contribution in [0.2, 0.25) is 0 Å². The summed E-state index contributed by atoms with van der Waals surface area (Å²) >= 11 is 0. The van der Waals surface area contributed by atoms with E-state index in [9.17, 15) is 0 Å². The molecule has 0 radical (unpaired) electrons. The Kier molecular flexibility index (Phi) is 4.46. The lowest BCUT2D eigenvalue weighted by atomic mass is 9.75. The highest BCUT2D eigenvalue weighted by Gasteiger charge is 2.39. The van der Waals surface area contributed by atoms with Crippen LogP contribution in [0.1, 0.15) is 57.1 Å². The molecule has 102 valence electrons. The average Bonchev–Trinajstić information content (AvgIpc) is 2.81. The second-order valence-electron chi connectivity index (χ2n) is 5.21. The Hall–Kier alpha value is -0.800. The van der Waals surface area contributed by atoms with Crippen molar-refractivity contribution < 1.29 is 9.15 Å². The summed E-state index contributed by atoms with van der Waals surface area (Å²) in [6.45, 7) is 5.21. The molecule has 1 fully saturated rings. The molecule has 3 nitrogen and oxygen atoms in total. The molecule has 1 aromatic rings. The van der Waals surface area contributed by atoms with E-state index in [-0.39, 0.29) is 11.6 Å². The number of furan rings is 1. The molecule has 1 aliphatic rings. The summed E-state index contributed by atoms with van der Waals surface area (Å²) < 4.78 is 11.6. The Balaban J connectivity index is 2.07. The summed E-state index contributed by atoms with van der Waals surface area (Å²) in [5.74, 6) is 2.12. The van der Waals surface area contributed by atoms with Crippen molar-refractivity contribution in [2.75, 3.05) is 13.7 Å². The van der Waals surface area contributed by atoms with E-state index in [1.165, 1.54) is 19.3 Å². The van der Waals surface area contributed by atoms with E-state index in [0.29, 0.717) is 0 Å². The van der Waals surface area contributed by atoms with Crippen molar-refractivity contribution in [2.45, 2.75) is 57.6 Å². The predicted octanol–water partition coefficient (Wildman–Crippen LogP) is 3.45. The molecule has 1 unspecified atom stereocenters. The molecule has 2 rings (SSSR count). The first-order chi connectivity index (χ1) is 8.73. The fraction of sp³-hybridized carbons (Fsp3) is 0.733. The van der Waals surface area contributed by atoms with Crippen LogP contribution in [0, 0.1) is 0 Å². The molecule has 1 N–H and O–H groups in total. The summed E-state index contributed by atoms with van der Waals surface area (Å²) in [4.78, 5) is 0. The van der Waals surface area contributed by atoms with Gasteiger partial charge in [-0.15, -0.1) is 0 Å². The Morgan fingerprint density at radius 3 is 2.61 bits per heavy atom. The number of hydrogen-bond donors (Lipinski definition) is 1. The molecular weight excluding hydrogens is 226 g/mol. The topological polar surface area (TPSA) is 34.4 Å². The van der Waals surface area contributed by atoms with Crippen LogP contribution in [0.15, 0.2) is 16.5 Å². The van der Waals surface area contributed by atoms with Crippen LogP contribution >= 0.6 is 0 Å². The number of nitrogens with one attached hydrogen (secondary N) is 1. The third-order valence-electron chi connectivity index (χ3n) is 4.10. The molecule has 1 aromatic heterocycles. The van der Waals surface area contributed by atoms with Crippen LogP contribution in [0.4, 0.5) is 0 Å². The predicted molar refractivity (Wildman–Crippen MR) is 72.7 cm³/mol. The molecule has 0 bridgehead atoms. The highest BCUT2D eigenvalue weighted by atomic mass is 16.5. The van der Waals surface area contributed by atoms with Gasteiger partial charge >= 0.3 is 0 Å². The molecule has 0 spiro atoms. The summed E-state index contributed by atoms with van der Waals surface area (Å²) in [5.41, 5.74) is 0.0754. The van der Waals surface area contributed by atoms with Gasteiger partial charge in [-0.2, -0.15) is 0 Å². The van der Waals surface area contributed by atoms with Crippen molar-refractivity contribution in [2.24, 2.45) is 0 Å². The number of ether oxygens (including phenoxy) is 1. The molecular formula is C15H25NO2. The molecule has 18 heavy (non-hydrogen) atoms. The molecule has 1 saturated carbocycles. The van der Waals surface area contributed by atoms with Crippen LogP contribution < -0.4 is 5.32 Å². The van der Waals surface area contributed by atoms with Gasteiger partial charge in [-0.3, -0.25) is 0 Å². The minimum Gasteiger partial charge on any atom is -0.464 e. The summed E-state index contributed by atoms with van der Waals surface area (Å²) in [5, 5.41) is 3.52. The SMILES string of the molecule is CCNC(CC1(OC)CCC1)c1ccc(CC)o1. The van der Waals surface area contributed by atoms with E-state index in [4.69, 9.17) is 9.15 Å². The molecule has 0 amide bonds. The lowest BCUT2D eigenvalue weighted by molar-refractivity contribution is -0.0848. The molecule has 1 aliphatic carbocycles. The molecule has 0 saturated heterocycles. The van der Waals surface area contributed by atoms with Crippen LogP contribution in [-0.4, -0.2) is 19.3 Å². The first-order valence-electron chi connectivity index (χ1n) is 7.10. The first-order valence-corrected chi connectivity index (χ1v) is 7.10. The minimum atomic E-state index is 0.0754. The molecule has 3 heteroatoms. The maximum Gasteiger partial charge on any atom is 0.121 e. The van der Waals surface area contributed by atoms with E-state index in [2.05, 4.69) is 31.3 Å². The Morgan fingerprint density at radius 1 is 1.39 bits per heavy atom. The van der Waals surface area contributed by atoms with Crippen LogP contribution in [0.3, 0.4) is 0 Å². The zero-order valence-electron chi connectivity index (χ0n) is 11.8. The van der Waals surface area contributed by atoms with Crippen LogP contribution in [-0.2, 0) is 11.2 Å². The largest absolute Gasteiger partial charge is 0.464 e. The van der Waals surface area contributed by atoms with Crippen molar-refractivity contribution in [1.29, 1.82) is 0 Å². The van der Waals surface area contributed by atoms with Gasteiger partial charge in [0.05, 0.1) is 11.6 Å². The van der Waals surface area contributed by atoms with Gasteiger partial charge in [0.2, 0.25) is 0 Å². The second kappa shape index (κ2) is 5.89. The Labute approximate surface area is 110 Å². The number of hydrogen-bond acceptors (Lipinski definition) is 3. The van der Waals surface area contributed by atoms with E-state index >= 15 is 0 Å². The van der Waals surface area contributed by atoms with Gasteiger partial charge < -0.3 is 14.5 Å². The first kappa shape index (κ1) is 13.6. The zero-order valence-corrected chi connectivity index (χ0v) is 11.8. The number of methoxy groups -OCH3 is 1. The summed E-state index contributed by atoms with van der Waals surface area (Å²) in [6.07, 6.45) is 5.59. The van der Waals surface area contributed by atoms with Gasteiger partial charge in [-0.25, -0.2) is 0 Å². The monoisotopic (exact) mass is 251 g/mol. The number of rotatable bonds is 7. The van der Waals surface area contributed by atoms with Crippen molar-refractivity contribution in [3.8, 4) is 0 Å². The third-order valence-corrected chi connectivity index (χ3v) is 4.10.